The zero-order valence-corrected chi connectivity index (χ0v) is 14.0. The zero-order chi connectivity index (χ0) is 15.8. The molecular weight excluding hydrogens is 384 g/mol. The second kappa shape index (κ2) is 5.66. The van der Waals surface area contributed by atoms with Gasteiger partial charge in [-0.2, -0.15) is 5.10 Å². The molecule has 0 atom stereocenters. The average molecular weight is 393 g/mol. The quantitative estimate of drug-likeness (QED) is 0.812. The topological polar surface area (TPSA) is 122 Å². The number of hydrogen-bond donors (Lipinski definition) is 2. The molecule has 112 valence electrons. The zero-order valence-electron chi connectivity index (χ0n) is 10.8. The van der Waals surface area contributed by atoms with Crippen molar-refractivity contribution in [1.82, 2.24) is 15.2 Å². The van der Waals surface area contributed by atoms with Gasteiger partial charge in [-0.25, -0.2) is 22.9 Å². The van der Waals surface area contributed by atoms with E-state index in [0.717, 1.165) is 17.4 Å². The molecule has 0 amide bonds. The fourth-order valence-electron chi connectivity index (χ4n) is 1.32. The molecule has 2 N–H and O–H groups in total. The highest BCUT2D eigenvalue weighted by Gasteiger charge is 2.24. The Hall–Kier alpha value is -1.59. The molecule has 0 aliphatic carbocycles. The molecule has 0 aromatic carbocycles. The minimum atomic E-state index is -4.00. The summed E-state index contributed by atoms with van der Waals surface area (Å²) >= 11 is 3.85. The summed E-state index contributed by atoms with van der Waals surface area (Å²) in [6, 6.07) is 1.06. The Morgan fingerprint density at radius 2 is 2.00 bits per heavy atom. The van der Waals surface area contributed by atoms with Gasteiger partial charge in [-0.05, 0) is 35.8 Å². The molecule has 0 radical (unpaired) electrons. The van der Waals surface area contributed by atoms with Gasteiger partial charge in [-0.1, -0.05) is 0 Å². The maximum Gasteiger partial charge on any atom is 0.345 e. The van der Waals surface area contributed by atoms with Crippen molar-refractivity contribution in [2.24, 2.45) is 0 Å². The van der Waals surface area contributed by atoms with Crippen LogP contribution in [-0.4, -0.2) is 34.7 Å². The number of aromatic carboxylic acids is 1. The third-order valence-corrected chi connectivity index (χ3v) is 6.04. The van der Waals surface area contributed by atoms with Gasteiger partial charge in [0.25, 0.3) is 16.0 Å². The molecule has 0 saturated heterocycles. The van der Waals surface area contributed by atoms with E-state index in [1.807, 2.05) is 0 Å². The molecule has 0 aliphatic rings. The third kappa shape index (κ3) is 3.36. The third-order valence-electron chi connectivity index (χ3n) is 2.47. The number of anilines is 1. The molecule has 0 saturated carbocycles. The highest BCUT2D eigenvalue weighted by atomic mass is 79.9. The van der Waals surface area contributed by atoms with Gasteiger partial charge in [-0.3, -0.25) is 0 Å². The monoisotopic (exact) mass is 392 g/mol. The minimum absolute atomic E-state index is 0.0959. The van der Waals surface area contributed by atoms with Crippen LogP contribution in [0, 0.1) is 13.8 Å². The molecule has 2 heterocycles. The van der Waals surface area contributed by atoms with Gasteiger partial charge in [0.2, 0.25) is 0 Å². The normalized spacial score (nSPS) is 11.4. The Labute approximate surface area is 132 Å². The van der Waals surface area contributed by atoms with E-state index >= 15 is 0 Å². The number of thiophene rings is 1. The lowest BCUT2D eigenvalue weighted by Crippen LogP contribution is -2.16. The number of hydrogen-bond acceptors (Lipinski definition) is 7. The van der Waals surface area contributed by atoms with E-state index < -0.39 is 16.0 Å². The van der Waals surface area contributed by atoms with Crippen LogP contribution < -0.4 is 4.72 Å². The number of carboxylic acids is 1. The molecule has 0 spiro atoms. The van der Waals surface area contributed by atoms with Crippen molar-refractivity contribution in [3.63, 3.8) is 0 Å². The SMILES string of the molecule is Cc1nnc(NS(=O)(=O)c2cc(C(=O)O)sc2Br)nc1C. The molecule has 0 unspecified atom stereocenters. The number of nitrogens with zero attached hydrogens (tertiary/aromatic N) is 3. The Balaban J connectivity index is 2.38. The average Bonchev–Trinajstić information content (AvgIpc) is 2.77. The smallest absolute Gasteiger partial charge is 0.345 e. The number of sulfonamides is 1. The largest absolute Gasteiger partial charge is 0.477 e. The standard InChI is InChI=1S/C10H9BrN4O4S2/c1-4-5(2)13-14-10(12-4)15-21(18,19)7-3-6(9(16)17)20-8(7)11/h3H,1-2H3,(H,16,17)(H,12,14,15). The second-order valence-electron chi connectivity index (χ2n) is 3.97. The van der Waals surface area contributed by atoms with Gasteiger partial charge in [0.15, 0.2) is 0 Å². The number of carboxylic acid groups (broad SMARTS) is 1. The maximum absolute atomic E-state index is 12.2. The van der Waals surface area contributed by atoms with Crippen molar-refractivity contribution in [3.8, 4) is 0 Å². The van der Waals surface area contributed by atoms with Gasteiger partial charge in [0.1, 0.15) is 9.77 Å². The second-order valence-corrected chi connectivity index (χ2v) is 7.99. The summed E-state index contributed by atoms with van der Waals surface area (Å²) in [5, 5.41) is 16.3. The molecule has 0 bridgehead atoms. The minimum Gasteiger partial charge on any atom is -0.477 e. The predicted octanol–water partition coefficient (Wildman–Crippen LogP) is 1.81. The lowest BCUT2D eigenvalue weighted by atomic mass is 10.4. The molecule has 2 rings (SSSR count). The summed E-state index contributed by atoms with van der Waals surface area (Å²) in [4.78, 5) is 14.6. The summed E-state index contributed by atoms with van der Waals surface area (Å²) in [5.74, 6) is -1.38. The molecule has 21 heavy (non-hydrogen) atoms. The van der Waals surface area contributed by atoms with Gasteiger partial charge in [-0.15, -0.1) is 16.4 Å². The van der Waals surface area contributed by atoms with E-state index in [9.17, 15) is 13.2 Å². The Morgan fingerprint density at radius 1 is 1.33 bits per heavy atom. The molecule has 2 aromatic heterocycles. The van der Waals surface area contributed by atoms with Crippen LogP contribution in [0.4, 0.5) is 5.95 Å². The van der Waals surface area contributed by atoms with Crippen LogP contribution in [0.25, 0.3) is 0 Å². The van der Waals surface area contributed by atoms with E-state index in [4.69, 9.17) is 5.11 Å². The molecule has 0 aliphatic heterocycles. The molecule has 2 aromatic rings. The van der Waals surface area contributed by atoms with Crippen LogP contribution in [-0.2, 0) is 10.0 Å². The first-order chi connectivity index (χ1) is 9.70. The van der Waals surface area contributed by atoms with Crippen molar-refractivity contribution < 1.29 is 18.3 Å². The number of halogens is 1. The van der Waals surface area contributed by atoms with Gasteiger partial charge >= 0.3 is 5.97 Å². The van der Waals surface area contributed by atoms with Gasteiger partial charge < -0.3 is 5.11 Å². The molecule has 11 heteroatoms. The summed E-state index contributed by atoms with van der Waals surface area (Å²) < 4.78 is 26.8. The summed E-state index contributed by atoms with van der Waals surface area (Å²) in [6.45, 7) is 3.37. The number of nitrogens with one attached hydrogen (secondary N) is 1. The number of aromatic nitrogens is 3. The highest BCUT2D eigenvalue weighted by molar-refractivity contribution is 9.11. The fraction of sp³-hybridized carbons (Fsp3) is 0.200. The first-order valence-corrected chi connectivity index (χ1v) is 8.53. The van der Waals surface area contributed by atoms with Gasteiger partial charge in [0.05, 0.1) is 15.2 Å². The Kier molecular flexibility index (Phi) is 4.25. The van der Waals surface area contributed by atoms with Crippen LogP contribution in [0.15, 0.2) is 14.7 Å². The van der Waals surface area contributed by atoms with Crippen molar-refractivity contribution in [2.45, 2.75) is 18.7 Å². The van der Waals surface area contributed by atoms with E-state index in [0.29, 0.717) is 11.4 Å². The summed E-state index contributed by atoms with van der Waals surface area (Å²) in [7, 11) is -4.00. The van der Waals surface area contributed by atoms with Gasteiger partial charge in [0, 0.05) is 0 Å². The Morgan fingerprint density at radius 3 is 2.52 bits per heavy atom. The fourth-order valence-corrected chi connectivity index (χ4v) is 4.66. The van der Waals surface area contributed by atoms with Crippen molar-refractivity contribution in [1.29, 1.82) is 0 Å². The predicted molar refractivity (Wildman–Crippen MR) is 79.1 cm³/mol. The van der Waals surface area contributed by atoms with E-state index in [1.54, 1.807) is 13.8 Å². The van der Waals surface area contributed by atoms with E-state index in [2.05, 4.69) is 35.8 Å². The molecule has 0 fully saturated rings. The van der Waals surface area contributed by atoms with E-state index in [-0.39, 0.29) is 19.5 Å². The molecule has 8 nitrogen and oxygen atoms in total. The maximum atomic E-state index is 12.2. The van der Waals surface area contributed by atoms with Crippen LogP contribution in [0.3, 0.4) is 0 Å². The van der Waals surface area contributed by atoms with Crippen LogP contribution in [0.1, 0.15) is 21.1 Å². The number of carbonyl (C=O) groups is 1. The molecular formula is C10H9BrN4O4S2. The summed E-state index contributed by atoms with van der Waals surface area (Å²) in [6.07, 6.45) is 0. The first-order valence-electron chi connectivity index (χ1n) is 5.44. The van der Waals surface area contributed by atoms with Crippen LogP contribution >= 0.6 is 27.3 Å². The van der Waals surface area contributed by atoms with Crippen LogP contribution in [0.5, 0.6) is 0 Å². The van der Waals surface area contributed by atoms with E-state index in [1.165, 1.54) is 0 Å². The highest BCUT2D eigenvalue weighted by Crippen LogP contribution is 2.32. The number of aryl methyl sites for hydroxylation is 2. The first kappa shape index (κ1) is 15.8. The summed E-state index contributed by atoms with van der Waals surface area (Å²) in [5.41, 5.74) is 1.13. The van der Waals surface area contributed by atoms with Crippen molar-refractivity contribution in [3.05, 3.63) is 26.1 Å². The Bertz CT molecular complexity index is 818. The number of rotatable bonds is 4. The lowest BCUT2D eigenvalue weighted by Gasteiger charge is -2.06. The lowest BCUT2D eigenvalue weighted by molar-refractivity contribution is 0.0702. The van der Waals surface area contributed by atoms with Crippen molar-refractivity contribution >= 4 is 49.2 Å². The van der Waals surface area contributed by atoms with Crippen molar-refractivity contribution in [2.75, 3.05) is 4.72 Å². The van der Waals surface area contributed by atoms with Crippen LogP contribution in [0.2, 0.25) is 0 Å².